The lowest BCUT2D eigenvalue weighted by Crippen LogP contribution is -2.80. The molecule has 5 rings (SSSR count). The maximum Gasteiger partial charge on any atom is 0.255 e. The van der Waals surface area contributed by atoms with Crippen LogP contribution in [0.2, 0.25) is 0 Å². The van der Waals surface area contributed by atoms with Gasteiger partial charge in [-0.15, -0.1) is 0 Å². The fourth-order valence-corrected chi connectivity index (χ4v) is 7.01. The van der Waals surface area contributed by atoms with E-state index in [1.54, 1.807) is 12.1 Å². The van der Waals surface area contributed by atoms with Crippen LogP contribution in [0.1, 0.15) is 28.7 Å². The van der Waals surface area contributed by atoms with E-state index in [1.807, 2.05) is 32.0 Å². The monoisotopic (exact) mass is 557 g/mol. The number of nitrogens with two attached hydrogens (primary N) is 3. The van der Waals surface area contributed by atoms with Crippen molar-refractivity contribution in [3.05, 3.63) is 69.5 Å². The van der Waals surface area contributed by atoms with Crippen molar-refractivity contribution in [3.63, 3.8) is 0 Å². The van der Waals surface area contributed by atoms with Gasteiger partial charge in [0.2, 0.25) is 0 Å². The summed E-state index contributed by atoms with van der Waals surface area (Å²) in [5.74, 6) is -5.64. The molecule has 1 amide bonds. The van der Waals surface area contributed by atoms with Gasteiger partial charge < -0.3 is 32.5 Å². The molecule has 11 heteroatoms. The second-order valence-corrected chi connectivity index (χ2v) is 11.6. The molecule has 1 fully saturated rings. The molecule has 0 spiro atoms. The van der Waals surface area contributed by atoms with Crippen LogP contribution in [-0.2, 0) is 20.8 Å². The Morgan fingerprint density at radius 1 is 1.07 bits per heavy atom. The van der Waals surface area contributed by atoms with Crippen LogP contribution in [0.5, 0.6) is 5.75 Å². The fraction of sp³-hybridized carbons (Fsp3) is 0.333. The fourth-order valence-electron chi connectivity index (χ4n) is 7.01. The van der Waals surface area contributed by atoms with Crippen LogP contribution >= 0.6 is 0 Å². The number of nitriles is 1. The average Bonchev–Trinajstić information content (AvgIpc) is 2.84. The number of hydrogen-bond donors (Lipinski definition) is 6. The van der Waals surface area contributed by atoms with E-state index >= 15 is 0 Å². The Labute approximate surface area is 236 Å². The molecule has 0 unspecified atom stereocenters. The zero-order valence-corrected chi connectivity index (χ0v) is 23.1. The number of carbonyl (C=O) groups is 3. The number of carbonyl (C=O) groups excluding carboxylic acids is 3. The summed E-state index contributed by atoms with van der Waals surface area (Å²) < 4.78 is 0. The molecule has 1 saturated carbocycles. The molecule has 11 nitrogen and oxygen atoms in total. The molecule has 3 aliphatic rings. The van der Waals surface area contributed by atoms with Gasteiger partial charge in [0.1, 0.15) is 22.8 Å². The number of likely N-dealkylation sites (N-methyl/N-ethyl adjacent to an activating group) is 1. The first-order valence-electron chi connectivity index (χ1n) is 12.9. The molecule has 0 aromatic heterocycles. The molecule has 41 heavy (non-hydrogen) atoms. The molecule has 2 aromatic rings. The first-order chi connectivity index (χ1) is 19.1. The number of primary amides is 1. The standard InChI is InChI=1S/C30H31N5O6/c1-13-5-6-15(9-14(13)2)16-7-8-18(36)19-17(16)10-28(33)11-30(34)24(35(3)4)23(38)20(27(32)41)25(39)29(30,12-31)26(40)21(28)22(19)37/h5-9,24,36-37,39H,10-11,33-34H2,1-4H3,(H2,32,41)/t24-,28-,29+,30-/m1/s1. The number of amides is 1. The number of Topliss-reactive ketones (excluding diaryl/α,β-unsaturated/α-hetero) is 2. The first kappa shape index (κ1) is 28.0. The Morgan fingerprint density at radius 3 is 2.29 bits per heavy atom. The van der Waals surface area contributed by atoms with Crippen LogP contribution in [0, 0.1) is 30.6 Å². The summed E-state index contributed by atoms with van der Waals surface area (Å²) in [5.41, 5.74) is 15.2. The lowest BCUT2D eigenvalue weighted by Gasteiger charge is -2.58. The van der Waals surface area contributed by atoms with Crippen molar-refractivity contribution in [2.75, 3.05) is 14.1 Å². The van der Waals surface area contributed by atoms with Gasteiger partial charge in [-0.1, -0.05) is 24.3 Å². The molecule has 0 aliphatic heterocycles. The van der Waals surface area contributed by atoms with Crippen LogP contribution in [0.3, 0.4) is 0 Å². The highest BCUT2D eigenvalue weighted by Gasteiger charge is 2.74. The minimum atomic E-state index is -2.69. The smallest absolute Gasteiger partial charge is 0.255 e. The lowest BCUT2D eigenvalue weighted by atomic mass is 9.47. The molecule has 4 atom stereocenters. The predicted molar refractivity (Wildman–Crippen MR) is 149 cm³/mol. The Morgan fingerprint density at radius 2 is 1.73 bits per heavy atom. The molecule has 2 aromatic carbocycles. The molecule has 0 radical (unpaired) electrons. The third kappa shape index (κ3) is 3.38. The number of benzene rings is 2. The van der Waals surface area contributed by atoms with Crippen LogP contribution in [0.4, 0.5) is 0 Å². The van der Waals surface area contributed by atoms with Crippen molar-refractivity contribution >= 4 is 23.2 Å². The van der Waals surface area contributed by atoms with Crippen LogP contribution in [0.25, 0.3) is 16.9 Å². The van der Waals surface area contributed by atoms with Crippen molar-refractivity contribution in [3.8, 4) is 22.9 Å². The molecular formula is C30H31N5O6. The Kier molecular flexibility index (Phi) is 5.98. The van der Waals surface area contributed by atoms with Gasteiger partial charge in [-0.25, -0.2) is 0 Å². The highest BCUT2D eigenvalue weighted by Crippen LogP contribution is 2.58. The maximum absolute atomic E-state index is 14.4. The van der Waals surface area contributed by atoms with Crippen molar-refractivity contribution in [2.45, 2.75) is 43.8 Å². The Bertz CT molecular complexity index is 1700. The molecule has 9 N–H and O–H groups in total. The number of phenolic OH excluding ortho intramolecular Hbond substituents is 1. The second-order valence-electron chi connectivity index (χ2n) is 11.6. The van der Waals surface area contributed by atoms with Gasteiger partial charge in [0.25, 0.3) is 5.91 Å². The summed E-state index contributed by atoms with van der Waals surface area (Å²) in [6.45, 7) is 3.92. The van der Waals surface area contributed by atoms with Crippen molar-refractivity contribution in [1.82, 2.24) is 4.90 Å². The number of nitrogens with zero attached hydrogens (tertiary/aromatic N) is 2. The van der Waals surface area contributed by atoms with E-state index in [0.29, 0.717) is 11.1 Å². The van der Waals surface area contributed by atoms with Gasteiger partial charge in [0, 0.05) is 0 Å². The van der Waals surface area contributed by atoms with E-state index in [-0.39, 0.29) is 17.7 Å². The highest BCUT2D eigenvalue weighted by molar-refractivity contribution is 6.25. The van der Waals surface area contributed by atoms with E-state index in [4.69, 9.17) is 17.2 Å². The second kappa shape index (κ2) is 8.75. The lowest BCUT2D eigenvalue weighted by molar-refractivity contribution is -0.139. The van der Waals surface area contributed by atoms with Gasteiger partial charge in [0.05, 0.1) is 34.3 Å². The third-order valence-electron chi connectivity index (χ3n) is 8.95. The normalized spacial score (nSPS) is 29.2. The average molecular weight is 558 g/mol. The molecule has 0 bridgehead atoms. The number of aliphatic hydroxyl groups excluding tert-OH is 2. The SMILES string of the molecule is Cc1ccc(-c2ccc(O)c3c2C[C@@]2(N)C[C@@]4(N)[C@H](N(C)C)C(=O)C(C(N)=O)=C(O)[C@@]4(C#N)C(=O)C2=C3O)cc1C. The van der Waals surface area contributed by atoms with Gasteiger partial charge in [-0.3, -0.25) is 19.3 Å². The van der Waals surface area contributed by atoms with E-state index in [1.165, 1.54) is 25.1 Å². The summed E-state index contributed by atoms with van der Waals surface area (Å²) in [5, 5.41) is 44.3. The van der Waals surface area contributed by atoms with Crippen LogP contribution in [0.15, 0.2) is 47.2 Å². The highest BCUT2D eigenvalue weighted by atomic mass is 16.3. The Balaban J connectivity index is 1.86. The summed E-state index contributed by atoms with van der Waals surface area (Å²) in [7, 11) is 2.95. The molecule has 0 heterocycles. The van der Waals surface area contributed by atoms with Crippen molar-refractivity contribution in [2.24, 2.45) is 22.6 Å². The molecular weight excluding hydrogens is 526 g/mol. The van der Waals surface area contributed by atoms with Crippen LogP contribution in [-0.4, -0.2) is 68.9 Å². The largest absolute Gasteiger partial charge is 0.509 e. The number of rotatable bonds is 3. The van der Waals surface area contributed by atoms with Gasteiger partial charge in [-0.2, -0.15) is 5.26 Å². The van der Waals surface area contributed by atoms with Crippen LogP contribution < -0.4 is 17.2 Å². The first-order valence-corrected chi connectivity index (χ1v) is 12.9. The zero-order valence-electron chi connectivity index (χ0n) is 23.1. The number of aryl methyl sites for hydroxylation is 2. The summed E-state index contributed by atoms with van der Waals surface area (Å²) >= 11 is 0. The maximum atomic E-state index is 14.4. The van der Waals surface area contributed by atoms with E-state index < -0.39 is 69.1 Å². The minimum Gasteiger partial charge on any atom is -0.509 e. The summed E-state index contributed by atoms with van der Waals surface area (Å²) in [4.78, 5) is 41.6. The molecule has 0 saturated heterocycles. The zero-order chi connectivity index (χ0) is 30.4. The third-order valence-corrected chi connectivity index (χ3v) is 8.95. The predicted octanol–water partition coefficient (Wildman–Crippen LogP) is 1.19. The van der Waals surface area contributed by atoms with E-state index in [9.17, 15) is 35.0 Å². The number of fused-ring (bicyclic) bond motifs is 3. The van der Waals surface area contributed by atoms with Gasteiger partial charge in [-0.05, 0) is 74.7 Å². The van der Waals surface area contributed by atoms with E-state index in [0.717, 1.165) is 16.7 Å². The quantitative estimate of drug-likeness (QED) is 0.296. The number of phenols is 1. The van der Waals surface area contributed by atoms with Gasteiger partial charge in [0.15, 0.2) is 17.0 Å². The van der Waals surface area contributed by atoms with Gasteiger partial charge >= 0.3 is 0 Å². The summed E-state index contributed by atoms with van der Waals surface area (Å²) in [6.07, 6.45) is -0.531. The van der Waals surface area contributed by atoms with Crippen molar-refractivity contribution < 1.29 is 29.7 Å². The number of aromatic hydroxyl groups is 1. The number of aliphatic hydroxyl groups is 2. The topological polar surface area (TPSA) is 217 Å². The minimum absolute atomic E-state index is 0.0441. The molecule has 212 valence electrons. The molecule has 3 aliphatic carbocycles. The van der Waals surface area contributed by atoms with E-state index in [2.05, 4.69) is 0 Å². The van der Waals surface area contributed by atoms with Crippen molar-refractivity contribution in [1.29, 1.82) is 5.26 Å². The number of hydrogen-bond acceptors (Lipinski definition) is 10. The number of ketones is 2. The summed E-state index contributed by atoms with van der Waals surface area (Å²) in [6, 6.07) is 9.16. The Hall–Kier alpha value is -4.50.